The maximum absolute atomic E-state index is 12.6. The number of anilines is 1. The van der Waals surface area contributed by atoms with Crippen LogP contribution in [0.2, 0.25) is 10.0 Å². The van der Waals surface area contributed by atoms with Crippen molar-refractivity contribution >= 4 is 46.6 Å². The molecule has 0 radical (unpaired) electrons. The Morgan fingerprint density at radius 1 is 1.03 bits per heavy atom. The highest BCUT2D eigenvalue weighted by molar-refractivity contribution is 7.99. The summed E-state index contributed by atoms with van der Waals surface area (Å²) in [6.45, 7) is 1.89. The molecule has 10 heteroatoms. The molecule has 1 heterocycles. The molecule has 4 rings (SSSR count). The Labute approximate surface area is 217 Å². The number of hydrogen-bond acceptors (Lipinski definition) is 6. The lowest BCUT2D eigenvalue weighted by atomic mass is 10.3. The quantitative estimate of drug-likeness (QED) is 0.251. The third-order valence-electron chi connectivity index (χ3n) is 4.93. The minimum absolute atomic E-state index is 0.0962. The number of rotatable bonds is 9. The minimum atomic E-state index is -0.428. The zero-order valence-corrected chi connectivity index (χ0v) is 21.3. The van der Waals surface area contributed by atoms with Crippen LogP contribution in [0.5, 0.6) is 11.5 Å². The summed E-state index contributed by atoms with van der Waals surface area (Å²) >= 11 is 13.4. The SMILES string of the molecule is COc1cccc(OC(C)c2nnc(SCC(=O)Nc3cc(Cl)ccc3Cl)n2-c2ccccc2)c1. The Kier molecular flexibility index (Phi) is 8.17. The molecule has 180 valence electrons. The first-order chi connectivity index (χ1) is 16.9. The van der Waals surface area contributed by atoms with E-state index in [4.69, 9.17) is 32.7 Å². The lowest BCUT2D eigenvalue weighted by molar-refractivity contribution is -0.113. The number of amides is 1. The van der Waals surface area contributed by atoms with Gasteiger partial charge in [0.2, 0.25) is 5.91 Å². The summed E-state index contributed by atoms with van der Waals surface area (Å²) in [5.74, 6) is 1.79. The van der Waals surface area contributed by atoms with Crippen LogP contribution in [-0.2, 0) is 4.79 Å². The van der Waals surface area contributed by atoms with Gasteiger partial charge in [-0.05, 0) is 49.4 Å². The highest BCUT2D eigenvalue weighted by Crippen LogP contribution is 2.30. The van der Waals surface area contributed by atoms with E-state index in [2.05, 4.69) is 15.5 Å². The second-order valence-corrected chi connectivity index (χ2v) is 9.20. The molecular weight excluding hydrogens is 507 g/mol. The van der Waals surface area contributed by atoms with Gasteiger partial charge in [-0.3, -0.25) is 9.36 Å². The van der Waals surface area contributed by atoms with Gasteiger partial charge in [-0.15, -0.1) is 10.2 Å². The van der Waals surface area contributed by atoms with Gasteiger partial charge >= 0.3 is 0 Å². The second kappa shape index (κ2) is 11.5. The molecule has 1 N–H and O–H groups in total. The fourth-order valence-corrected chi connectivity index (χ4v) is 4.39. The highest BCUT2D eigenvalue weighted by Gasteiger charge is 2.22. The van der Waals surface area contributed by atoms with Crippen molar-refractivity contribution in [2.45, 2.75) is 18.2 Å². The first kappa shape index (κ1) is 24.9. The number of thioether (sulfide) groups is 1. The number of carbonyl (C=O) groups is 1. The molecule has 1 unspecified atom stereocenters. The predicted molar refractivity (Wildman–Crippen MR) is 139 cm³/mol. The largest absolute Gasteiger partial charge is 0.497 e. The Balaban J connectivity index is 1.54. The van der Waals surface area contributed by atoms with Crippen LogP contribution in [0.25, 0.3) is 5.69 Å². The molecule has 0 spiro atoms. The van der Waals surface area contributed by atoms with Crippen molar-refractivity contribution in [1.82, 2.24) is 14.8 Å². The summed E-state index contributed by atoms with van der Waals surface area (Å²) in [6.07, 6.45) is -0.428. The van der Waals surface area contributed by atoms with E-state index < -0.39 is 6.10 Å². The smallest absolute Gasteiger partial charge is 0.234 e. The molecule has 0 aliphatic carbocycles. The van der Waals surface area contributed by atoms with E-state index in [1.165, 1.54) is 11.8 Å². The van der Waals surface area contributed by atoms with E-state index in [1.807, 2.05) is 60.0 Å². The van der Waals surface area contributed by atoms with Crippen LogP contribution in [0.1, 0.15) is 18.9 Å². The maximum atomic E-state index is 12.6. The molecule has 3 aromatic carbocycles. The standard InChI is InChI=1S/C25H22Cl2N4O3S/c1-16(34-20-10-6-9-19(14-20)33-2)24-29-30-25(31(24)18-7-4-3-5-8-18)35-15-23(32)28-22-13-17(26)11-12-21(22)27/h3-14,16H,15H2,1-2H3,(H,28,32). The number of methoxy groups -OCH3 is 1. The van der Waals surface area contributed by atoms with E-state index in [-0.39, 0.29) is 11.7 Å². The number of benzene rings is 3. The van der Waals surface area contributed by atoms with Crippen LogP contribution in [-0.4, -0.2) is 33.5 Å². The van der Waals surface area contributed by atoms with Gasteiger partial charge in [0.25, 0.3) is 0 Å². The number of carbonyl (C=O) groups excluding carboxylic acids is 1. The zero-order chi connectivity index (χ0) is 24.8. The van der Waals surface area contributed by atoms with E-state index in [9.17, 15) is 4.79 Å². The van der Waals surface area contributed by atoms with E-state index in [1.54, 1.807) is 31.4 Å². The Hall–Kier alpha value is -3.20. The number of aromatic nitrogens is 3. The summed E-state index contributed by atoms with van der Waals surface area (Å²) in [4.78, 5) is 12.6. The third-order valence-corrected chi connectivity index (χ3v) is 6.42. The number of ether oxygens (including phenoxy) is 2. The molecule has 0 aliphatic rings. The number of nitrogens with one attached hydrogen (secondary N) is 1. The maximum Gasteiger partial charge on any atom is 0.234 e. The van der Waals surface area contributed by atoms with Crippen LogP contribution < -0.4 is 14.8 Å². The van der Waals surface area contributed by atoms with Crippen molar-refractivity contribution in [3.8, 4) is 17.2 Å². The lowest BCUT2D eigenvalue weighted by Gasteiger charge is -2.17. The van der Waals surface area contributed by atoms with Crippen LogP contribution >= 0.6 is 35.0 Å². The van der Waals surface area contributed by atoms with Crippen molar-refractivity contribution in [3.05, 3.63) is 88.7 Å². The van der Waals surface area contributed by atoms with E-state index in [0.29, 0.717) is 38.2 Å². The Morgan fingerprint density at radius 2 is 1.80 bits per heavy atom. The average Bonchev–Trinajstić information content (AvgIpc) is 3.30. The van der Waals surface area contributed by atoms with Gasteiger partial charge in [0.15, 0.2) is 17.1 Å². The fraction of sp³-hybridized carbons (Fsp3) is 0.160. The first-order valence-electron chi connectivity index (χ1n) is 10.6. The van der Waals surface area contributed by atoms with Crippen molar-refractivity contribution in [2.24, 2.45) is 0 Å². The summed E-state index contributed by atoms with van der Waals surface area (Å²) < 4.78 is 13.3. The Morgan fingerprint density at radius 3 is 2.57 bits per heavy atom. The number of hydrogen-bond donors (Lipinski definition) is 1. The summed E-state index contributed by atoms with van der Waals surface area (Å²) in [6, 6.07) is 21.9. The monoisotopic (exact) mass is 528 g/mol. The second-order valence-electron chi connectivity index (χ2n) is 7.41. The normalized spacial score (nSPS) is 11.7. The summed E-state index contributed by atoms with van der Waals surface area (Å²) in [7, 11) is 1.61. The Bertz CT molecular complexity index is 1320. The van der Waals surface area contributed by atoms with Crippen LogP contribution in [0.4, 0.5) is 5.69 Å². The van der Waals surface area contributed by atoms with Gasteiger partial charge in [0, 0.05) is 16.8 Å². The van der Waals surface area contributed by atoms with Crippen LogP contribution in [0, 0.1) is 0 Å². The molecule has 4 aromatic rings. The number of para-hydroxylation sites is 1. The topological polar surface area (TPSA) is 78.3 Å². The fourth-order valence-electron chi connectivity index (χ4n) is 3.30. The minimum Gasteiger partial charge on any atom is -0.497 e. The molecule has 0 saturated heterocycles. The van der Waals surface area contributed by atoms with Gasteiger partial charge in [0.05, 0.1) is 23.6 Å². The van der Waals surface area contributed by atoms with Crippen molar-refractivity contribution < 1.29 is 14.3 Å². The van der Waals surface area contributed by atoms with Gasteiger partial charge in [-0.25, -0.2) is 0 Å². The van der Waals surface area contributed by atoms with E-state index in [0.717, 1.165) is 5.69 Å². The van der Waals surface area contributed by atoms with Crippen molar-refractivity contribution in [2.75, 3.05) is 18.2 Å². The molecule has 0 aliphatic heterocycles. The number of halogens is 2. The van der Waals surface area contributed by atoms with Gasteiger partial charge in [-0.1, -0.05) is 59.2 Å². The van der Waals surface area contributed by atoms with Gasteiger partial charge < -0.3 is 14.8 Å². The van der Waals surface area contributed by atoms with E-state index >= 15 is 0 Å². The molecular formula is C25H22Cl2N4O3S. The molecule has 0 fully saturated rings. The molecule has 1 aromatic heterocycles. The average molecular weight is 529 g/mol. The lowest BCUT2D eigenvalue weighted by Crippen LogP contribution is -2.15. The van der Waals surface area contributed by atoms with Crippen LogP contribution in [0.3, 0.4) is 0 Å². The molecule has 35 heavy (non-hydrogen) atoms. The molecule has 1 atom stereocenters. The molecule has 0 saturated carbocycles. The van der Waals surface area contributed by atoms with Crippen molar-refractivity contribution in [3.63, 3.8) is 0 Å². The molecule has 7 nitrogen and oxygen atoms in total. The predicted octanol–water partition coefficient (Wildman–Crippen LogP) is 6.45. The van der Waals surface area contributed by atoms with Crippen LogP contribution in [0.15, 0.2) is 78.0 Å². The summed E-state index contributed by atoms with van der Waals surface area (Å²) in [5.41, 5.74) is 1.31. The first-order valence-corrected chi connectivity index (χ1v) is 12.4. The van der Waals surface area contributed by atoms with Gasteiger partial charge in [-0.2, -0.15) is 0 Å². The van der Waals surface area contributed by atoms with Crippen molar-refractivity contribution in [1.29, 1.82) is 0 Å². The third kappa shape index (κ3) is 6.28. The number of nitrogens with zero attached hydrogens (tertiary/aromatic N) is 3. The molecule has 0 bridgehead atoms. The van der Waals surface area contributed by atoms with Gasteiger partial charge in [0.1, 0.15) is 11.5 Å². The summed E-state index contributed by atoms with van der Waals surface area (Å²) in [5, 5.41) is 13.0. The zero-order valence-electron chi connectivity index (χ0n) is 18.9. The molecule has 1 amide bonds. The highest BCUT2D eigenvalue weighted by atomic mass is 35.5.